The molecule has 1 saturated carbocycles. The molecule has 0 aliphatic heterocycles. The van der Waals surface area contributed by atoms with E-state index in [0.29, 0.717) is 11.6 Å². The monoisotopic (exact) mass is 299 g/mol. The summed E-state index contributed by atoms with van der Waals surface area (Å²) in [4.78, 5) is 12.5. The van der Waals surface area contributed by atoms with Gasteiger partial charge in [-0.1, -0.05) is 53.6 Å². The van der Waals surface area contributed by atoms with E-state index in [4.69, 9.17) is 11.6 Å². The van der Waals surface area contributed by atoms with E-state index in [1.807, 2.05) is 24.3 Å². The highest BCUT2D eigenvalue weighted by Crippen LogP contribution is 2.48. The third kappa shape index (κ3) is 2.96. The van der Waals surface area contributed by atoms with Gasteiger partial charge < -0.3 is 5.32 Å². The Morgan fingerprint density at radius 3 is 2.29 bits per heavy atom. The van der Waals surface area contributed by atoms with Gasteiger partial charge in [0.05, 0.1) is 5.41 Å². The molecule has 0 radical (unpaired) electrons. The van der Waals surface area contributed by atoms with Gasteiger partial charge >= 0.3 is 0 Å². The summed E-state index contributed by atoms with van der Waals surface area (Å²) in [7, 11) is 0. The molecule has 3 heteroatoms. The average Bonchev–Trinajstić information content (AvgIpc) is 3.29. The lowest BCUT2D eigenvalue weighted by atomic mass is 9.94. The van der Waals surface area contributed by atoms with Crippen molar-refractivity contribution in [1.82, 2.24) is 5.32 Å². The first-order valence-corrected chi connectivity index (χ1v) is 7.58. The van der Waals surface area contributed by atoms with Gasteiger partial charge in [0, 0.05) is 11.6 Å². The van der Waals surface area contributed by atoms with Crippen LogP contribution in [0, 0.1) is 6.92 Å². The average molecular weight is 300 g/mol. The number of carbonyl (C=O) groups is 1. The van der Waals surface area contributed by atoms with Crippen molar-refractivity contribution in [3.05, 3.63) is 70.2 Å². The van der Waals surface area contributed by atoms with Gasteiger partial charge in [0.2, 0.25) is 5.91 Å². The van der Waals surface area contributed by atoms with Crippen LogP contribution >= 0.6 is 11.6 Å². The molecule has 2 aromatic rings. The first-order chi connectivity index (χ1) is 10.1. The Bertz CT molecular complexity index is 642. The van der Waals surface area contributed by atoms with Crippen molar-refractivity contribution in [3.63, 3.8) is 0 Å². The summed E-state index contributed by atoms with van der Waals surface area (Å²) in [6.07, 6.45) is 1.87. The fourth-order valence-electron chi connectivity index (χ4n) is 2.60. The van der Waals surface area contributed by atoms with Gasteiger partial charge in [-0.05, 0) is 43.0 Å². The molecule has 108 valence electrons. The molecule has 0 heterocycles. The summed E-state index contributed by atoms with van der Waals surface area (Å²) in [6, 6.07) is 15.9. The van der Waals surface area contributed by atoms with Gasteiger partial charge in [-0.15, -0.1) is 0 Å². The number of halogens is 1. The molecule has 2 nitrogen and oxygen atoms in total. The molecule has 0 saturated heterocycles. The smallest absolute Gasteiger partial charge is 0.230 e. The molecule has 1 N–H and O–H groups in total. The number of hydrogen-bond donors (Lipinski definition) is 1. The number of benzene rings is 2. The van der Waals surface area contributed by atoms with E-state index in [1.165, 1.54) is 5.56 Å². The highest BCUT2D eigenvalue weighted by atomic mass is 35.5. The normalized spacial score (nSPS) is 15.5. The number of amides is 1. The Kier molecular flexibility index (Phi) is 3.73. The topological polar surface area (TPSA) is 29.1 Å². The minimum Gasteiger partial charge on any atom is -0.351 e. The van der Waals surface area contributed by atoms with Gasteiger partial charge in [0.25, 0.3) is 0 Å². The summed E-state index contributed by atoms with van der Waals surface area (Å²) in [5, 5.41) is 3.76. The van der Waals surface area contributed by atoms with Crippen molar-refractivity contribution in [2.75, 3.05) is 0 Å². The minimum absolute atomic E-state index is 0.126. The fraction of sp³-hybridized carbons (Fsp3) is 0.278. The van der Waals surface area contributed by atoms with E-state index < -0.39 is 0 Å². The van der Waals surface area contributed by atoms with E-state index in [-0.39, 0.29) is 11.3 Å². The third-order valence-electron chi connectivity index (χ3n) is 4.16. The fourth-order valence-corrected chi connectivity index (χ4v) is 2.72. The zero-order valence-corrected chi connectivity index (χ0v) is 12.8. The van der Waals surface area contributed by atoms with Crippen LogP contribution in [0.3, 0.4) is 0 Å². The Labute approximate surface area is 130 Å². The van der Waals surface area contributed by atoms with Crippen LogP contribution in [0.4, 0.5) is 0 Å². The maximum absolute atomic E-state index is 12.5. The summed E-state index contributed by atoms with van der Waals surface area (Å²) < 4.78 is 0. The first-order valence-electron chi connectivity index (χ1n) is 7.20. The van der Waals surface area contributed by atoms with Gasteiger partial charge in [-0.2, -0.15) is 0 Å². The largest absolute Gasteiger partial charge is 0.351 e. The molecular formula is C18H18ClNO. The van der Waals surface area contributed by atoms with Crippen molar-refractivity contribution in [1.29, 1.82) is 0 Å². The lowest BCUT2D eigenvalue weighted by molar-refractivity contribution is -0.123. The molecular weight excluding hydrogens is 282 g/mol. The van der Waals surface area contributed by atoms with Crippen molar-refractivity contribution in [2.24, 2.45) is 0 Å². The van der Waals surface area contributed by atoms with Crippen molar-refractivity contribution < 1.29 is 4.79 Å². The van der Waals surface area contributed by atoms with E-state index in [9.17, 15) is 4.79 Å². The summed E-state index contributed by atoms with van der Waals surface area (Å²) in [5.41, 5.74) is 3.10. The Balaban J connectivity index is 1.67. The molecule has 0 aromatic heterocycles. The number of carbonyl (C=O) groups excluding carboxylic acids is 1. The second-order valence-corrected chi connectivity index (χ2v) is 6.19. The van der Waals surface area contributed by atoms with Gasteiger partial charge in [0.1, 0.15) is 0 Å². The lowest BCUT2D eigenvalue weighted by Crippen LogP contribution is -2.34. The molecule has 1 aliphatic carbocycles. The number of rotatable bonds is 4. The molecule has 0 atom stereocenters. The maximum atomic E-state index is 12.5. The van der Waals surface area contributed by atoms with Crippen LogP contribution in [0.15, 0.2) is 48.5 Å². The van der Waals surface area contributed by atoms with E-state index in [1.54, 1.807) is 0 Å². The van der Waals surface area contributed by atoms with Crippen molar-refractivity contribution in [3.8, 4) is 0 Å². The highest BCUT2D eigenvalue weighted by molar-refractivity contribution is 6.30. The Morgan fingerprint density at radius 2 is 1.71 bits per heavy atom. The summed E-state index contributed by atoms with van der Waals surface area (Å²) >= 11 is 5.86. The summed E-state index contributed by atoms with van der Waals surface area (Å²) in [5.74, 6) is 0.126. The van der Waals surface area contributed by atoms with Crippen molar-refractivity contribution in [2.45, 2.75) is 31.7 Å². The standard InChI is InChI=1S/C18H18ClNO/c1-13-2-6-15(7-3-13)18(10-11-18)17(21)20-12-14-4-8-16(19)9-5-14/h2-9H,10-12H2,1H3,(H,20,21). The number of aryl methyl sites for hydroxylation is 1. The van der Waals surface area contributed by atoms with Crippen LogP contribution in [-0.4, -0.2) is 5.91 Å². The minimum atomic E-state index is -0.305. The molecule has 2 aromatic carbocycles. The predicted molar refractivity (Wildman–Crippen MR) is 85.4 cm³/mol. The van der Waals surface area contributed by atoms with E-state index in [0.717, 1.165) is 24.0 Å². The molecule has 1 amide bonds. The van der Waals surface area contributed by atoms with E-state index >= 15 is 0 Å². The van der Waals surface area contributed by atoms with Crippen LogP contribution in [0.5, 0.6) is 0 Å². The summed E-state index contributed by atoms with van der Waals surface area (Å²) in [6.45, 7) is 2.60. The zero-order valence-electron chi connectivity index (χ0n) is 12.0. The van der Waals surface area contributed by atoms with Gasteiger partial charge in [-0.3, -0.25) is 4.79 Å². The van der Waals surface area contributed by atoms with Crippen molar-refractivity contribution >= 4 is 17.5 Å². The number of hydrogen-bond acceptors (Lipinski definition) is 1. The molecule has 0 spiro atoms. The second-order valence-electron chi connectivity index (χ2n) is 5.76. The highest BCUT2D eigenvalue weighted by Gasteiger charge is 2.50. The SMILES string of the molecule is Cc1ccc(C2(C(=O)NCc3ccc(Cl)cc3)CC2)cc1. The molecule has 0 unspecified atom stereocenters. The Morgan fingerprint density at radius 1 is 1.10 bits per heavy atom. The quantitative estimate of drug-likeness (QED) is 0.908. The van der Waals surface area contributed by atoms with Crippen LogP contribution in [-0.2, 0) is 16.8 Å². The third-order valence-corrected chi connectivity index (χ3v) is 4.41. The molecule has 1 fully saturated rings. The van der Waals surface area contributed by atoms with Crippen LogP contribution in [0.2, 0.25) is 5.02 Å². The van der Waals surface area contributed by atoms with Gasteiger partial charge in [-0.25, -0.2) is 0 Å². The van der Waals surface area contributed by atoms with Crippen LogP contribution in [0.1, 0.15) is 29.5 Å². The molecule has 3 rings (SSSR count). The van der Waals surface area contributed by atoms with Crippen LogP contribution < -0.4 is 5.32 Å². The van der Waals surface area contributed by atoms with Gasteiger partial charge in [0.15, 0.2) is 0 Å². The lowest BCUT2D eigenvalue weighted by Gasteiger charge is -2.16. The van der Waals surface area contributed by atoms with E-state index in [2.05, 4.69) is 36.5 Å². The first kappa shape index (κ1) is 14.2. The van der Waals surface area contributed by atoms with Crippen LogP contribution in [0.25, 0.3) is 0 Å². The molecule has 0 bridgehead atoms. The molecule has 1 aliphatic rings. The Hall–Kier alpha value is -1.80. The molecule has 21 heavy (non-hydrogen) atoms. The zero-order chi connectivity index (χ0) is 14.9. The number of nitrogens with one attached hydrogen (secondary N) is 1. The second kappa shape index (κ2) is 5.53. The predicted octanol–water partition coefficient (Wildman–Crippen LogP) is 4.00. The maximum Gasteiger partial charge on any atom is 0.230 e.